The lowest BCUT2D eigenvalue weighted by Crippen LogP contribution is -2.14. The SMILES string of the molecule is N#Cc1cccc(NC(=O)Cc2csc(-c3cccs3)n2)c1. The monoisotopic (exact) mass is 325 g/mol. The van der Waals surface area contributed by atoms with Crippen LogP contribution in [0.15, 0.2) is 47.2 Å². The van der Waals surface area contributed by atoms with E-state index in [1.54, 1.807) is 35.6 Å². The van der Waals surface area contributed by atoms with Crippen LogP contribution in [0.4, 0.5) is 5.69 Å². The Kier molecular flexibility index (Phi) is 4.28. The van der Waals surface area contributed by atoms with E-state index in [-0.39, 0.29) is 12.3 Å². The normalized spacial score (nSPS) is 10.1. The van der Waals surface area contributed by atoms with Crippen LogP contribution in [-0.2, 0) is 11.2 Å². The zero-order chi connectivity index (χ0) is 15.4. The fourth-order valence-electron chi connectivity index (χ4n) is 1.94. The number of rotatable bonds is 4. The minimum atomic E-state index is -0.141. The molecule has 0 fully saturated rings. The minimum Gasteiger partial charge on any atom is -0.326 e. The summed E-state index contributed by atoms with van der Waals surface area (Å²) in [6, 6.07) is 12.9. The molecule has 2 heterocycles. The second-order valence-electron chi connectivity index (χ2n) is 4.54. The van der Waals surface area contributed by atoms with Crippen LogP contribution < -0.4 is 5.32 Å². The van der Waals surface area contributed by atoms with Crippen LogP contribution in [-0.4, -0.2) is 10.9 Å². The number of thiophene rings is 1. The van der Waals surface area contributed by atoms with Crippen molar-refractivity contribution in [1.82, 2.24) is 4.98 Å². The first-order valence-corrected chi connectivity index (χ1v) is 8.29. The zero-order valence-corrected chi connectivity index (χ0v) is 13.1. The maximum atomic E-state index is 12.1. The molecule has 1 aromatic carbocycles. The highest BCUT2D eigenvalue weighted by atomic mass is 32.1. The summed E-state index contributed by atoms with van der Waals surface area (Å²) in [6.45, 7) is 0. The van der Waals surface area contributed by atoms with Gasteiger partial charge in [0.15, 0.2) is 0 Å². The van der Waals surface area contributed by atoms with E-state index in [2.05, 4.69) is 10.3 Å². The van der Waals surface area contributed by atoms with Crippen LogP contribution in [0.3, 0.4) is 0 Å². The van der Waals surface area contributed by atoms with Crippen molar-refractivity contribution in [1.29, 1.82) is 5.26 Å². The molecule has 0 aliphatic carbocycles. The predicted octanol–water partition coefficient (Wildman–Crippen LogP) is 3.92. The molecule has 6 heteroatoms. The Morgan fingerprint density at radius 3 is 2.95 bits per heavy atom. The summed E-state index contributed by atoms with van der Waals surface area (Å²) < 4.78 is 0. The van der Waals surface area contributed by atoms with Gasteiger partial charge in [0.05, 0.1) is 28.6 Å². The number of hydrogen-bond acceptors (Lipinski definition) is 5. The fourth-order valence-corrected chi connectivity index (χ4v) is 3.57. The molecule has 4 nitrogen and oxygen atoms in total. The average Bonchev–Trinajstić information content (AvgIpc) is 3.18. The first-order valence-electron chi connectivity index (χ1n) is 6.53. The summed E-state index contributed by atoms with van der Waals surface area (Å²) in [6.07, 6.45) is 0.221. The predicted molar refractivity (Wildman–Crippen MR) is 88.9 cm³/mol. The lowest BCUT2D eigenvalue weighted by atomic mass is 10.2. The van der Waals surface area contributed by atoms with Gasteiger partial charge in [0.1, 0.15) is 5.01 Å². The molecule has 0 unspecified atom stereocenters. The zero-order valence-electron chi connectivity index (χ0n) is 11.4. The second kappa shape index (κ2) is 6.52. The number of aromatic nitrogens is 1. The lowest BCUT2D eigenvalue weighted by molar-refractivity contribution is -0.115. The molecule has 3 rings (SSSR count). The number of carbonyl (C=O) groups excluding carboxylic acids is 1. The van der Waals surface area contributed by atoms with Crippen LogP contribution in [0.1, 0.15) is 11.3 Å². The van der Waals surface area contributed by atoms with Crippen molar-refractivity contribution in [3.05, 3.63) is 58.4 Å². The van der Waals surface area contributed by atoms with Gasteiger partial charge < -0.3 is 5.32 Å². The number of amides is 1. The number of anilines is 1. The second-order valence-corrected chi connectivity index (χ2v) is 6.34. The largest absolute Gasteiger partial charge is 0.326 e. The lowest BCUT2D eigenvalue weighted by Gasteiger charge is -2.03. The maximum absolute atomic E-state index is 12.1. The van der Waals surface area contributed by atoms with Crippen molar-refractivity contribution in [2.75, 3.05) is 5.32 Å². The first-order chi connectivity index (χ1) is 10.7. The summed E-state index contributed by atoms with van der Waals surface area (Å²) in [5.41, 5.74) is 1.89. The molecule has 1 amide bonds. The Hall–Kier alpha value is -2.49. The molecule has 108 valence electrons. The Labute approximate surface area is 135 Å². The van der Waals surface area contributed by atoms with Gasteiger partial charge in [-0.2, -0.15) is 5.26 Å². The quantitative estimate of drug-likeness (QED) is 0.790. The Balaban J connectivity index is 1.66. The topological polar surface area (TPSA) is 65.8 Å². The molecule has 0 bridgehead atoms. The smallest absolute Gasteiger partial charge is 0.230 e. The molecule has 0 aliphatic rings. The summed E-state index contributed by atoms with van der Waals surface area (Å²) in [5.74, 6) is -0.141. The van der Waals surface area contributed by atoms with Gasteiger partial charge in [-0.15, -0.1) is 22.7 Å². The molecule has 0 radical (unpaired) electrons. The van der Waals surface area contributed by atoms with Crippen molar-refractivity contribution in [3.63, 3.8) is 0 Å². The molecule has 0 spiro atoms. The average molecular weight is 325 g/mol. The van der Waals surface area contributed by atoms with Gasteiger partial charge in [-0.3, -0.25) is 4.79 Å². The molecule has 1 N–H and O–H groups in total. The molecule has 0 saturated carbocycles. The van der Waals surface area contributed by atoms with Gasteiger partial charge in [0.25, 0.3) is 0 Å². The van der Waals surface area contributed by atoms with Crippen molar-refractivity contribution >= 4 is 34.3 Å². The van der Waals surface area contributed by atoms with Crippen molar-refractivity contribution < 1.29 is 4.79 Å². The van der Waals surface area contributed by atoms with E-state index in [1.165, 1.54) is 11.3 Å². The molecule has 22 heavy (non-hydrogen) atoms. The van der Waals surface area contributed by atoms with E-state index >= 15 is 0 Å². The van der Waals surface area contributed by atoms with Gasteiger partial charge in [0.2, 0.25) is 5.91 Å². The molecule has 0 aliphatic heterocycles. The van der Waals surface area contributed by atoms with E-state index in [1.807, 2.05) is 29.0 Å². The van der Waals surface area contributed by atoms with Crippen LogP contribution >= 0.6 is 22.7 Å². The third-order valence-corrected chi connectivity index (χ3v) is 4.83. The molecule has 0 saturated heterocycles. The molecule has 0 atom stereocenters. The minimum absolute atomic E-state index is 0.141. The molecule has 3 aromatic rings. The van der Waals surface area contributed by atoms with E-state index in [0.29, 0.717) is 11.3 Å². The number of hydrogen-bond donors (Lipinski definition) is 1. The van der Waals surface area contributed by atoms with Crippen molar-refractivity contribution in [2.24, 2.45) is 0 Å². The number of benzene rings is 1. The van der Waals surface area contributed by atoms with Gasteiger partial charge in [-0.25, -0.2) is 4.98 Å². The van der Waals surface area contributed by atoms with E-state index in [0.717, 1.165) is 15.6 Å². The third kappa shape index (κ3) is 3.39. The summed E-state index contributed by atoms with van der Waals surface area (Å²) >= 11 is 3.17. The number of nitrogens with zero attached hydrogens (tertiary/aromatic N) is 2. The third-order valence-electron chi connectivity index (χ3n) is 2.90. The standard InChI is InChI=1S/C16H11N3OS2/c17-9-11-3-1-4-12(7-11)18-15(20)8-13-10-22-16(19-13)14-5-2-6-21-14/h1-7,10H,8H2,(H,18,20). The summed E-state index contributed by atoms with van der Waals surface area (Å²) in [5, 5.41) is 16.5. The fraction of sp³-hybridized carbons (Fsp3) is 0.0625. The highest BCUT2D eigenvalue weighted by molar-refractivity contribution is 7.20. The highest BCUT2D eigenvalue weighted by Crippen LogP contribution is 2.27. The summed E-state index contributed by atoms with van der Waals surface area (Å²) in [7, 11) is 0. The van der Waals surface area contributed by atoms with Crippen molar-refractivity contribution in [2.45, 2.75) is 6.42 Å². The number of carbonyl (C=O) groups is 1. The first kappa shape index (κ1) is 14.4. The summed E-state index contributed by atoms with van der Waals surface area (Å²) in [4.78, 5) is 17.6. The Bertz CT molecular complexity index is 831. The Morgan fingerprint density at radius 2 is 2.18 bits per heavy atom. The molecule has 2 aromatic heterocycles. The van der Waals surface area contributed by atoms with Crippen LogP contribution in [0.5, 0.6) is 0 Å². The Morgan fingerprint density at radius 1 is 1.27 bits per heavy atom. The van der Waals surface area contributed by atoms with Gasteiger partial charge in [-0.05, 0) is 29.6 Å². The molecular formula is C16H11N3OS2. The number of nitrogens with one attached hydrogen (secondary N) is 1. The van der Waals surface area contributed by atoms with Crippen LogP contribution in [0.25, 0.3) is 9.88 Å². The van der Waals surface area contributed by atoms with E-state index < -0.39 is 0 Å². The highest BCUT2D eigenvalue weighted by Gasteiger charge is 2.10. The van der Waals surface area contributed by atoms with Gasteiger partial charge in [0, 0.05) is 11.1 Å². The van der Waals surface area contributed by atoms with Crippen LogP contribution in [0.2, 0.25) is 0 Å². The van der Waals surface area contributed by atoms with Crippen LogP contribution in [0, 0.1) is 11.3 Å². The van der Waals surface area contributed by atoms with Gasteiger partial charge in [-0.1, -0.05) is 12.1 Å². The number of nitriles is 1. The van der Waals surface area contributed by atoms with E-state index in [4.69, 9.17) is 5.26 Å². The maximum Gasteiger partial charge on any atom is 0.230 e. The van der Waals surface area contributed by atoms with Gasteiger partial charge >= 0.3 is 0 Å². The van der Waals surface area contributed by atoms with Crippen molar-refractivity contribution in [3.8, 4) is 16.0 Å². The van der Waals surface area contributed by atoms with E-state index in [9.17, 15) is 4.79 Å². The number of thiazole rings is 1. The molecular weight excluding hydrogens is 314 g/mol.